The zero-order chi connectivity index (χ0) is 13.1. The van der Waals surface area contributed by atoms with Gasteiger partial charge in [0, 0.05) is 6.20 Å². The van der Waals surface area contributed by atoms with Gasteiger partial charge in [-0.05, 0) is 31.2 Å². The molecule has 2 aromatic rings. The lowest BCUT2D eigenvalue weighted by atomic mass is 10.2. The van der Waals surface area contributed by atoms with Gasteiger partial charge in [-0.1, -0.05) is 6.07 Å². The standard InChI is InChI=1S/C13H12FNO3/c1-8(10-5-3-7-15-10)18-11-6-2-4-9(14)12(11)13(16)17/h2-8,15H,1H3,(H,16,17). The third-order valence-corrected chi connectivity index (χ3v) is 2.55. The Morgan fingerprint density at radius 2 is 2.17 bits per heavy atom. The highest BCUT2D eigenvalue weighted by molar-refractivity contribution is 5.91. The van der Waals surface area contributed by atoms with E-state index in [1.54, 1.807) is 19.2 Å². The molecule has 18 heavy (non-hydrogen) atoms. The Morgan fingerprint density at radius 1 is 1.39 bits per heavy atom. The molecule has 1 atom stereocenters. The molecule has 0 radical (unpaired) electrons. The highest BCUT2D eigenvalue weighted by Crippen LogP contribution is 2.26. The van der Waals surface area contributed by atoms with Crippen molar-refractivity contribution in [2.75, 3.05) is 0 Å². The number of nitrogens with one attached hydrogen (secondary N) is 1. The Labute approximate surface area is 103 Å². The molecule has 1 aromatic heterocycles. The fraction of sp³-hybridized carbons (Fsp3) is 0.154. The maximum Gasteiger partial charge on any atom is 0.342 e. The van der Waals surface area contributed by atoms with Gasteiger partial charge in [-0.15, -0.1) is 0 Å². The van der Waals surface area contributed by atoms with Crippen molar-refractivity contribution < 1.29 is 19.0 Å². The van der Waals surface area contributed by atoms with Crippen molar-refractivity contribution in [2.24, 2.45) is 0 Å². The van der Waals surface area contributed by atoms with Gasteiger partial charge in [0.05, 0.1) is 5.69 Å². The van der Waals surface area contributed by atoms with Crippen LogP contribution in [0.3, 0.4) is 0 Å². The molecule has 0 aliphatic rings. The molecule has 0 bridgehead atoms. The molecule has 94 valence electrons. The molecule has 1 unspecified atom stereocenters. The number of carboxylic acids is 1. The Hall–Kier alpha value is -2.30. The summed E-state index contributed by atoms with van der Waals surface area (Å²) in [5.41, 5.74) is 0.339. The summed E-state index contributed by atoms with van der Waals surface area (Å²) < 4.78 is 18.9. The Bertz CT molecular complexity index is 551. The SMILES string of the molecule is CC(Oc1cccc(F)c1C(=O)O)c1ccc[nH]1. The summed E-state index contributed by atoms with van der Waals surface area (Å²) in [5.74, 6) is -2.13. The number of H-pyrrole nitrogens is 1. The molecule has 0 saturated carbocycles. The number of aromatic carboxylic acids is 1. The Balaban J connectivity index is 2.29. The number of halogens is 1. The second-order valence-corrected chi connectivity index (χ2v) is 3.80. The van der Waals surface area contributed by atoms with Gasteiger partial charge >= 0.3 is 5.97 Å². The Morgan fingerprint density at radius 3 is 2.78 bits per heavy atom. The number of aromatic amines is 1. The average Bonchev–Trinajstić information content (AvgIpc) is 2.81. The van der Waals surface area contributed by atoms with Gasteiger partial charge in [-0.25, -0.2) is 9.18 Å². The third-order valence-electron chi connectivity index (χ3n) is 2.55. The summed E-state index contributed by atoms with van der Waals surface area (Å²) in [5, 5.41) is 8.96. The van der Waals surface area contributed by atoms with Crippen molar-refractivity contribution in [1.82, 2.24) is 4.98 Å². The topological polar surface area (TPSA) is 62.3 Å². The van der Waals surface area contributed by atoms with Crippen LogP contribution in [0.2, 0.25) is 0 Å². The number of hydrogen-bond acceptors (Lipinski definition) is 2. The van der Waals surface area contributed by atoms with E-state index < -0.39 is 17.3 Å². The van der Waals surface area contributed by atoms with Crippen molar-refractivity contribution in [2.45, 2.75) is 13.0 Å². The van der Waals surface area contributed by atoms with Crippen LogP contribution in [0.4, 0.5) is 4.39 Å². The van der Waals surface area contributed by atoms with E-state index in [0.717, 1.165) is 11.8 Å². The lowest BCUT2D eigenvalue weighted by Crippen LogP contribution is -2.09. The summed E-state index contributed by atoms with van der Waals surface area (Å²) in [6.07, 6.45) is 1.35. The first-order valence-electron chi connectivity index (χ1n) is 5.41. The minimum absolute atomic E-state index is 0.0181. The first-order valence-corrected chi connectivity index (χ1v) is 5.41. The van der Waals surface area contributed by atoms with Gasteiger partial charge < -0.3 is 14.8 Å². The predicted molar refractivity (Wildman–Crippen MR) is 63.2 cm³/mol. The molecule has 0 spiro atoms. The van der Waals surface area contributed by atoms with Gasteiger partial charge in [0.15, 0.2) is 0 Å². The summed E-state index contributed by atoms with van der Waals surface area (Å²) in [4.78, 5) is 13.9. The highest BCUT2D eigenvalue weighted by atomic mass is 19.1. The second-order valence-electron chi connectivity index (χ2n) is 3.80. The lowest BCUT2D eigenvalue weighted by molar-refractivity contribution is 0.0684. The number of carbonyl (C=O) groups is 1. The number of hydrogen-bond donors (Lipinski definition) is 2. The van der Waals surface area contributed by atoms with Crippen molar-refractivity contribution in [3.05, 3.63) is 53.6 Å². The second kappa shape index (κ2) is 4.91. The Kier molecular flexibility index (Phi) is 3.32. The van der Waals surface area contributed by atoms with Gasteiger partial charge in [-0.3, -0.25) is 0 Å². The van der Waals surface area contributed by atoms with Gasteiger partial charge in [0.25, 0.3) is 0 Å². The van der Waals surface area contributed by atoms with E-state index in [1.165, 1.54) is 12.1 Å². The third kappa shape index (κ3) is 2.34. The summed E-state index contributed by atoms with van der Waals surface area (Å²) >= 11 is 0. The molecule has 0 amide bonds. The van der Waals surface area contributed by atoms with Crippen LogP contribution in [0.5, 0.6) is 5.75 Å². The first kappa shape index (κ1) is 12.2. The zero-order valence-corrected chi connectivity index (χ0v) is 9.68. The number of ether oxygens (including phenoxy) is 1. The molecular weight excluding hydrogens is 237 g/mol. The minimum atomic E-state index is -1.35. The smallest absolute Gasteiger partial charge is 0.342 e. The molecule has 5 heteroatoms. The van der Waals surface area contributed by atoms with Crippen LogP contribution < -0.4 is 4.74 Å². The average molecular weight is 249 g/mol. The van der Waals surface area contributed by atoms with E-state index in [0.29, 0.717) is 0 Å². The van der Waals surface area contributed by atoms with Crippen molar-refractivity contribution >= 4 is 5.97 Å². The fourth-order valence-corrected chi connectivity index (χ4v) is 1.66. The van der Waals surface area contributed by atoms with Crippen LogP contribution in [-0.4, -0.2) is 16.1 Å². The number of aromatic nitrogens is 1. The van der Waals surface area contributed by atoms with Gasteiger partial charge in [-0.2, -0.15) is 0 Å². The van der Waals surface area contributed by atoms with Crippen molar-refractivity contribution in [3.63, 3.8) is 0 Å². The molecule has 4 nitrogen and oxygen atoms in total. The normalized spacial score (nSPS) is 12.1. The maximum atomic E-state index is 13.4. The minimum Gasteiger partial charge on any atom is -0.483 e. The molecule has 0 saturated heterocycles. The van der Waals surface area contributed by atoms with Crippen LogP contribution in [0.25, 0.3) is 0 Å². The van der Waals surface area contributed by atoms with E-state index in [2.05, 4.69) is 4.98 Å². The van der Waals surface area contributed by atoms with E-state index in [9.17, 15) is 9.18 Å². The number of benzene rings is 1. The van der Waals surface area contributed by atoms with Crippen LogP contribution in [0.15, 0.2) is 36.5 Å². The molecule has 0 aliphatic carbocycles. The zero-order valence-electron chi connectivity index (χ0n) is 9.68. The lowest BCUT2D eigenvalue weighted by Gasteiger charge is -2.15. The molecule has 1 aromatic carbocycles. The number of rotatable bonds is 4. The van der Waals surface area contributed by atoms with E-state index in [4.69, 9.17) is 9.84 Å². The first-order chi connectivity index (χ1) is 8.59. The van der Waals surface area contributed by atoms with Crippen LogP contribution in [0, 0.1) is 5.82 Å². The fourth-order valence-electron chi connectivity index (χ4n) is 1.66. The van der Waals surface area contributed by atoms with Crippen LogP contribution >= 0.6 is 0 Å². The van der Waals surface area contributed by atoms with Crippen LogP contribution in [0.1, 0.15) is 29.1 Å². The summed E-state index contributed by atoms with van der Waals surface area (Å²) in [6, 6.07) is 7.56. The quantitative estimate of drug-likeness (QED) is 0.875. The monoisotopic (exact) mass is 249 g/mol. The highest BCUT2D eigenvalue weighted by Gasteiger charge is 2.19. The molecule has 2 N–H and O–H groups in total. The molecule has 2 rings (SSSR count). The van der Waals surface area contributed by atoms with E-state index in [-0.39, 0.29) is 11.9 Å². The van der Waals surface area contributed by atoms with Crippen molar-refractivity contribution in [3.8, 4) is 5.75 Å². The van der Waals surface area contributed by atoms with Gasteiger partial charge in [0.2, 0.25) is 0 Å². The number of carboxylic acid groups (broad SMARTS) is 1. The van der Waals surface area contributed by atoms with E-state index >= 15 is 0 Å². The van der Waals surface area contributed by atoms with Crippen LogP contribution in [-0.2, 0) is 0 Å². The van der Waals surface area contributed by atoms with Crippen molar-refractivity contribution in [1.29, 1.82) is 0 Å². The molecule has 0 fully saturated rings. The largest absolute Gasteiger partial charge is 0.483 e. The molecule has 1 heterocycles. The molecule has 0 aliphatic heterocycles. The van der Waals surface area contributed by atoms with E-state index in [1.807, 2.05) is 6.07 Å². The summed E-state index contributed by atoms with van der Waals surface area (Å²) in [6.45, 7) is 1.75. The predicted octanol–water partition coefficient (Wildman–Crippen LogP) is 2.99. The molecular formula is C13H12FNO3. The summed E-state index contributed by atoms with van der Waals surface area (Å²) in [7, 11) is 0. The maximum absolute atomic E-state index is 13.4. The van der Waals surface area contributed by atoms with Gasteiger partial charge in [0.1, 0.15) is 23.2 Å².